The molecule has 4 nitrogen and oxygen atoms in total. The van der Waals surface area contributed by atoms with Crippen LogP contribution in [0.2, 0.25) is 0 Å². The molecular weight excluding hydrogens is 282 g/mol. The van der Waals surface area contributed by atoms with E-state index in [-0.39, 0.29) is 0 Å². The van der Waals surface area contributed by atoms with E-state index in [4.69, 9.17) is 9.72 Å². The molecule has 0 aliphatic heterocycles. The molecule has 0 amide bonds. The second-order valence-corrected chi connectivity index (χ2v) is 6.40. The fourth-order valence-corrected chi connectivity index (χ4v) is 3.84. The lowest BCUT2D eigenvalue weighted by Crippen LogP contribution is -2.25. The van der Waals surface area contributed by atoms with Crippen LogP contribution >= 0.6 is 11.3 Å². The molecule has 0 radical (unpaired) electrons. The highest BCUT2D eigenvalue weighted by molar-refractivity contribution is 7.15. The summed E-state index contributed by atoms with van der Waals surface area (Å²) in [6, 6.07) is 4.34. The molecule has 0 saturated carbocycles. The maximum Gasteiger partial charge on any atom is 0.212 e. The Morgan fingerprint density at radius 3 is 3.05 bits per heavy atom. The van der Waals surface area contributed by atoms with Crippen LogP contribution in [-0.4, -0.2) is 23.6 Å². The van der Waals surface area contributed by atoms with Crippen LogP contribution in [0.25, 0.3) is 10.6 Å². The van der Waals surface area contributed by atoms with Crippen molar-refractivity contribution in [3.8, 4) is 16.5 Å². The van der Waals surface area contributed by atoms with Crippen molar-refractivity contribution >= 4 is 11.3 Å². The average molecular weight is 303 g/mol. The molecule has 0 bridgehead atoms. The fraction of sp³-hybridized carbons (Fsp3) is 0.500. The second kappa shape index (κ2) is 6.54. The number of methoxy groups -OCH3 is 1. The summed E-state index contributed by atoms with van der Waals surface area (Å²) in [4.78, 5) is 10.6. The average Bonchev–Trinajstić information content (AvgIpc) is 2.97. The SMILES string of the molecule is CCCNC1CCCc2sc(-c3ccc(OC)nc3)nc21. The Morgan fingerprint density at radius 1 is 1.43 bits per heavy atom. The first-order valence-corrected chi connectivity index (χ1v) is 8.37. The predicted octanol–water partition coefficient (Wildman–Crippen LogP) is 3.59. The lowest BCUT2D eigenvalue weighted by atomic mass is 9.97. The van der Waals surface area contributed by atoms with E-state index in [0.29, 0.717) is 11.9 Å². The Kier molecular flexibility index (Phi) is 4.51. The van der Waals surface area contributed by atoms with Gasteiger partial charge in [0, 0.05) is 22.7 Å². The molecule has 5 heteroatoms. The van der Waals surface area contributed by atoms with Gasteiger partial charge in [-0.25, -0.2) is 9.97 Å². The fourth-order valence-electron chi connectivity index (χ4n) is 2.69. The number of hydrogen-bond acceptors (Lipinski definition) is 5. The summed E-state index contributed by atoms with van der Waals surface area (Å²) in [5, 5.41) is 4.69. The van der Waals surface area contributed by atoms with E-state index in [0.717, 1.165) is 30.0 Å². The Hall–Kier alpha value is -1.46. The zero-order valence-electron chi connectivity index (χ0n) is 12.6. The van der Waals surface area contributed by atoms with E-state index in [1.807, 2.05) is 29.7 Å². The monoisotopic (exact) mass is 303 g/mol. The molecule has 1 N–H and O–H groups in total. The summed E-state index contributed by atoms with van der Waals surface area (Å²) in [6.07, 6.45) is 6.59. The predicted molar refractivity (Wildman–Crippen MR) is 85.9 cm³/mol. The van der Waals surface area contributed by atoms with Gasteiger partial charge in [0.15, 0.2) is 0 Å². The molecular formula is C16H21N3OS. The number of thiazole rings is 1. The molecule has 0 spiro atoms. The Balaban J connectivity index is 1.86. The van der Waals surface area contributed by atoms with Gasteiger partial charge < -0.3 is 10.1 Å². The minimum atomic E-state index is 0.421. The van der Waals surface area contributed by atoms with Crippen molar-refractivity contribution in [2.24, 2.45) is 0 Å². The van der Waals surface area contributed by atoms with Gasteiger partial charge in [0.2, 0.25) is 5.88 Å². The summed E-state index contributed by atoms with van der Waals surface area (Å²) in [5.41, 5.74) is 2.33. The topological polar surface area (TPSA) is 47.0 Å². The van der Waals surface area contributed by atoms with Gasteiger partial charge in [-0.2, -0.15) is 0 Å². The third kappa shape index (κ3) is 3.09. The number of rotatable bonds is 5. The first-order chi connectivity index (χ1) is 10.3. The van der Waals surface area contributed by atoms with Crippen LogP contribution in [0.15, 0.2) is 18.3 Å². The Bertz CT molecular complexity index is 594. The largest absolute Gasteiger partial charge is 0.481 e. The van der Waals surface area contributed by atoms with Crippen molar-refractivity contribution in [1.82, 2.24) is 15.3 Å². The number of nitrogens with zero attached hydrogens (tertiary/aromatic N) is 2. The van der Waals surface area contributed by atoms with Crippen LogP contribution in [0.1, 0.15) is 42.8 Å². The summed E-state index contributed by atoms with van der Waals surface area (Å²) < 4.78 is 5.11. The van der Waals surface area contributed by atoms with Crippen LogP contribution in [0, 0.1) is 0 Å². The van der Waals surface area contributed by atoms with Crippen molar-refractivity contribution < 1.29 is 4.74 Å². The minimum Gasteiger partial charge on any atom is -0.481 e. The number of aromatic nitrogens is 2. The first kappa shape index (κ1) is 14.5. The van der Waals surface area contributed by atoms with E-state index in [9.17, 15) is 0 Å². The molecule has 112 valence electrons. The molecule has 0 aromatic carbocycles. The molecule has 0 fully saturated rings. The Morgan fingerprint density at radius 2 is 2.33 bits per heavy atom. The van der Waals surface area contributed by atoms with Gasteiger partial charge in [-0.3, -0.25) is 0 Å². The quantitative estimate of drug-likeness (QED) is 0.917. The third-order valence-electron chi connectivity index (χ3n) is 3.79. The third-order valence-corrected chi connectivity index (χ3v) is 4.97. The molecule has 21 heavy (non-hydrogen) atoms. The highest BCUT2D eigenvalue weighted by Crippen LogP contribution is 2.37. The highest BCUT2D eigenvalue weighted by atomic mass is 32.1. The molecule has 1 atom stereocenters. The molecule has 3 rings (SSSR count). The second-order valence-electron chi connectivity index (χ2n) is 5.32. The van der Waals surface area contributed by atoms with E-state index in [2.05, 4.69) is 17.2 Å². The Labute approximate surface area is 129 Å². The number of fused-ring (bicyclic) bond motifs is 1. The van der Waals surface area contributed by atoms with Crippen LogP contribution in [0.4, 0.5) is 0 Å². The van der Waals surface area contributed by atoms with Crippen LogP contribution in [-0.2, 0) is 6.42 Å². The van der Waals surface area contributed by atoms with E-state index < -0.39 is 0 Å². The number of ether oxygens (including phenoxy) is 1. The maximum absolute atomic E-state index is 5.11. The van der Waals surface area contributed by atoms with Gasteiger partial charge in [0.05, 0.1) is 18.8 Å². The highest BCUT2D eigenvalue weighted by Gasteiger charge is 2.24. The molecule has 2 aromatic rings. The van der Waals surface area contributed by atoms with Gasteiger partial charge >= 0.3 is 0 Å². The summed E-state index contributed by atoms with van der Waals surface area (Å²) >= 11 is 1.81. The zero-order chi connectivity index (χ0) is 14.7. The van der Waals surface area contributed by atoms with Crippen molar-refractivity contribution in [2.45, 2.75) is 38.6 Å². The van der Waals surface area contributed by atoms with Crippen LogP contribution < -0.4 is 10.1 Å². The van der Waals surface area contributed by atoms with E-state index >= 15 is 0 Å². The van der Waals surface area contributed by atoms with Gasteiger partial charge in [-0.1, -0.05) is 6.92 Å². The summed E-state index contributed by atoms with van der Waals surface area (Å²) in [5.74, 6) is 0.641. The maximum atomic E-state index is 5.11. The molecule has 2 heterocycles. The standard InChI is InChI=1S/C16H21N3OS/c1-3-9-17-12-5-4-6-13-15(12)19-16(21-13)11-7-8-14(20-2)18-10-11/h7-8,10,12,17H,3-6,9H2,1-2H3. The lowest BCUT2D eigenvalue weighted by molar-refractivity contribution is 0.398. The number of nitrogens with one attached hydrogen (secondary N) is 1. The molecule has 1 unspecified atom stereocenters. The molecule has 1 aliphatic rings. The summed E-state index contributed by atoms with van der Waals surface area (Å²) in [7, 11) is 1.63. The van der Waals surface area contributed by atoms with Crippen molar-refractivity contribution in [1.29, 1.82) is 0 Å². The van der Waals surface area contributed by atoms with Crippen molar-refractivity contribution in [2.75, 3.05) is 13.7 Å². The molecule has 2 aromatic heterocycles. The van der Waals surface area contributed by atoms with Crippen molar-refractivity contribution in [3.63, 3.8) is 0 Å². The molecule has 0 saturated heterocycles. The molecule has 1 aliphatic carbocycles. The van der Waals surface area contributed by atoms with Gasteiger partial charge in [-0.05, 0) is 38.3 Å². The van der Waals surface area contributed by atoms with Crippen molar-refractivity contribution in [3.05, 3.63) is 28.9 Å². The van der Waals surface area contributed by atoms with E-state index in [1.54, 1.807) is 7.11 Å². The number of pyridine rings is 1. The number of hydrogen-bond donors (Lipinski definition) is 1. The lowest BCUT2D eigenvalue weighted by Gasteiger charge is -2.22. The minimum absolute atomic E-state index is 0.421. The van der Waals surface area contributed by atoms with Crippen LogP contribution in [0.5, 0.6) is 5.88 Å². The zero-order valence-corrected chi connectivity index (χ0v) is 13.4. The smallest absolute Gasteiger partial charge is 0.212 e. The van der Waals surface area contributed by atoms with E-state index in [1.165, 1.54) is 23.4 Å². The van der Waals surface area contributed by atoms with Gasteiger partial charge in [0.1, 0.15) is 5.01 Å². The number of aryl methyl sites for hydroxylation is 1. The summed E-state index contributed by atoms with van der Waals surface area (Å²) in [6.45, 7) is 3.26. The van der Waals surface area contributed by atoms with Gasteiger partial charge in [0.25, 0.3) is 0 Å². The normalized spacial score (nSPS) is 17.5. The van der Waals surface area contributed by atoms with Crippen LogP contribution in [0.3, 0.4) is 0 Å². The van der Waals surface area contributed by atoms with Gasteiger partial charge in [-0.15, -0.1) is 11.3 Å². The first-order valence-electron chi connectivity index (χ1n) is 7.55.